The van der Waals surface area contributed by atoms with E-state index < -0.39 is 11.8 Å². The summed E-state index contributed by atoms with van der Waals surface area (Å²) in [5.74, 6) is -0.545. The molecule has 2 aromatic rings. The smallest absolute Gasteiger partial charge is 0.380 e. The van der Waals surface area contributed by atoms with Gasteiger partial charge in [0, 0.05) is 0 Å². The first-order valence-electron chi connectivity index (χ1n) is 6.15. The summed E-state index contributed by atoms with van der Waals surface area (Å²) in [6.45, 7) is 3.80. The molecule has 104 valence electrons. The molecule has 0 fully saturated rings. The average molecular weight is 290 g/mol. The minimum atomic E-state index is -0.858. The molecule has 0 atom stereocenters. The number of aryl methyl sites for hydroxylation is 1. The van der Waals surface area contributed by atoms with E-state index in [9.17, 15) is 9.59 Å². The predicted octanol–water partition coefficient (Wildman–Crippen LogP) is 3.59. The zero-order valence-electron chi connectivity index (χ0n) is 11.2. The maximum absolute atomic E-state index is 11.9. The highest BCUT2D eigenvalue weighted by atomic mass is 32.1. The SMILES string of the molecule is CCOC(=O)C(=O)c1sccc1Oc1ccc(C)cc1. The Morgan fingerprint density at radius 1 is 1.15 bits per heavy atom. The van der Waals surface area contributed by atoms with E-state index in [2.05, 4.69) is 0 Å². The van der Waals surface area contributed by atoms with Crippen LogP contribution in [-0.4, -0.2) is 18.4 Å². The van der Waals surface area contributed by atoms with Crippen molar-refractivity contribution in [1.29, 1.82) is 0 Å². The molecule has 0 aliphatic heterocycles. The van der Waals surface area contributed by atoms with Crippen LogP contribution in [-0.2, 0) is 9.53 Å². The lowest BCUT2D eigenvalue weighted by molar-refractivity contribution is -0.137. The first kappa shape index (κ1) is 14.3. The molecule has 4 nitrogen and oxygen atoms in total. The molecule has 1 aromatic heterocycles. The zero-order chi connectivity index (χ0) is 14.5. The van der Waals surface area contributed by atoms with E-state index >= 15 is 0 Å². The largest absolute Gasteiger partial charge is 0.460 e. The van der Waals surface area contributed by atoms with Gasteiger partial charge in [0.15, 0.2) is 0 Å². The molecule has 0 saturated carbocycles. The molecule has 0 saturated heterocycles. The van der Waals surface area contributed by atoms with Crippen molar-refractivity contribution < 1.29 is 19.1 Å². The highest BCUT2D eigenvalue weighted by Gasteiger charge is 2.23. The predicted molar refractivity (Wildman–Crippen MR) is 76.5 cm³/mol. The van der Waals surface area contributed by atoms with Gasteiger partial charge in [-0.05, 0) is 37.4 Å². The van der Waals surface area contributed by atoms with Crippen LogP contribution in [0.5, 0.6) is 11.5 Å². The monoisotopic (exact) mass is 290 g/mol. The lowest BCUT2D eigenvalue weighted by atomic mass is 10.2. The molecule has 20 heavy (non-hydrogen) atoms. The summed E-state index contributed by atoms with van der Waals surface area (Å²) in [6, 6.07) is 9.11. The number of hydrogen-bond acceptors (Lipinski definition) is 5. The van der Waals surface area contributed by atoms with Gasteiger partial charge in [-0.1, -0.05) is 17.7 Å². The van der Waals surface area contributed by atoms with Gasteiger partial charge < -0.3 is 9.47 Å². The quantitative estimate of drug-likeness (QED) is 0.479. The molecule has 0 radical (unpaired) electrons. The van der Waals surface area contributed by atoms with Crippen molar-refractivity contribution in [3.05, 3.63) is 46.2 Å². The second-order valence-corrected chi connectivity index (χ2v) is 4.99. The normalized spacial score (nSPS) is 10.1. The van der Waals surface area contributed by atoms with Crippen LogP contribution in [0.1, 0.15) is 22.2 Å². The van der Waals surface area contributed by atoms with Gasteiger partial charge in [-0.25, -0.2) is 4.79 Å². The molecule has 0 unspecified atom stereocenters. The van der Waals surface area contributed by atoms with Crippen LogP contribution in [0.4, 0.5) is 0 Å². The van der Waals surface area contributed by atoms with Gasteiger partial charge in [0.2, 0.25) is 0 Å². The third-order valence-corrected chi connectivity index (χ3v) is 3.44. The van der Waals surface area contributed by atoms with E-state index in [1.54, 1.807) is 18.4 Å². The molecule has 1 aromatic carbocycles. The Kier molecular flexibility index (Phi) is 4.53. The number of ketones is 1. The molecule has 0 aliphatic carbocycles. The first-order valence-corrected chi connectivity index (χ1v) is 7.03. The number of thiophene rings is 1. The Hall–Kier alpha value is -2.14. The number of hydrogen-bond donors (Lipinski definition) is 0. The molecular formula is C15H14O4S. The third-order valence-electron chi connectivity index (χ3n) is 2.54. The Morgan fingerprint density at radius 3 is 2.50 bits per heavy atom. The van der Waals surface area contributed by atoms with Gasteiger partial charge in [0.1, 0.15) is 16.4 Å². The number of esters is 1. The summed E-state index contributed by atoms with van der Waals surface area (Å²) in [4.78, 5) is 23.6. The lowest BCUT2D eigenvalue weighted by Crippen LogP contribution is -2.16. The average Bonchev–Trinajstić information content (AvgIpc) is 2.89. The van der Waals surface area contributed by atoms with E-state index in [0.717, 1.165) is 16.9 Å². The molecule has 0 aliphatic rings. The van der Waals surface area contributed by atoms with Crippen LogP contribution in [0.15, 0.2) is 35.7 Å². The minimum absolute atomic E-state index is 0.171. The van der Waals surface area contributed by atoms with Crippen LogP contribution in [0.25, 0.3) is 0 Å². The fourth-order valence-electron chi connectivity index (χ4n) is 1.57. The zero-order valence-corrected chi connectivity index (χ0v) is 12.0. The van der Waals surface area contributed by atoms with Gasteiger partial charge in [0.05, 0.1) is 6.61 Å². The second-order valence-electron chi connectivity index (χ2n) is 4.08. The van der Waals surface area contributed by atoms with Crippen LogP contribution in [0.2, 0.25) is 0 Å². The third kappa shape index (κ3) is 3.24. The van der Waals surface area contributed by atoms with Crippen molar-refractivity contribution in [3.8, 4) is 11.5 Å². The minimum Gasteiger partial charge on any atom is -0.460 e. The van der Waals surface area contributed by atoms with Crippen molar-refractivity contribution in [1.82, 2.24) is 0 Å². The molecule has 2 rings (SSSR count). The van der Waals surface area contributed by atoms with Gasteiger partial charge in [-0.2, -0.15) is 0 Å². The van der Waals surface area contributed by atoms with Gasteiger partial charge >= 0.3 is 5.97 Å². The summed E-state index contributed by atoms with van der Waals surface area (Å²) in [5.41, 5.74) is 1.12. The van der Waals surface area contributed by atoms with E-state index in [4.69, 9.17) is 9.47 Å². The van der Waals surface area contributed by atoms with Crippen LogP contribution < -0.4 is 4.74 Å². The topological polar surface area (TPSA) is 52.6 Å². The first-order chi connectivity index (χ1) is 9.61. The summed E-state index contributed by atoms with van der Waals surface area (Å²) in [5, 5.41) is 1.70. The van der Waals surface area contributed by atoms with Crippen molar-refractivity contribution in [3.63, 3.8) is 0 Å². The standard InChI is InChI=1S/C15H14O4S/c1-3-18-15(17)13(16)14-12(8-9-20-14)19-11-6-4-10(2)5-7-11/h4-9H,3H2,1-2H3. The molecule has 0 bridgehead atoms. The van der Waals surface area contributed by atoms with E-state index in [1.807, 2.05) is 31.2 Å². The van der Waals surface area contributed by atoms with Crippen molar-refractivity contribution in [2.45, 2.75) is 13.8 Å². The van der Waals surface area contributed by atoms with Gasteiger partial charge in [-0.15, -0.1) is 11.3 Å². The summed E-state index contributed by atoms with van der Waals surface area (Å²) >= 11 is 1.16. The number of carbonyl (C=O) groups excluding carboxylic acids is 2. The highest BCUT2D eigenvalue weighted by molar-refractivity contribution is 7.13. The Labute approximate surface area is 121 Å². The van der Waals surface area contributed by atoms with E-state index in [-0.39, 0.29) is 11.5 Å². The fraction of sp³-hybridized carbons (Fsp3) is 0.200. The summed E-state index contributed by atoms with van der Waals surface area (Å²) in [6.07, 6.45) is 0. The van der Waals surface area contributed by atoms with Gasteiger partial charge in [0.25, 0.3) is 5.78 Å². The molecule has 1 heterocycles. The molecule has 0 N–H and O–H groups in total. The van der Waals surface area contributed by atoms with E-state index in [1.165, 1.54) is 0 Å². The number of Topliss-reactive ketones (excluding diaryl/α,β-unsaturated/α-hetero) is 1. The van der Waals surface area contributed by atoms with Crippen LogP contribution in [0, 0.1) is 6.92 Å². The summed E-state index contributed by atoms with van der Waals surface area (Å²) < 4.78 is 10.3. The van der Waals surface area contributed by atoms with Crippen molar-refractivity contribution in [2.75, 3.05) is 6.61 Å². The van der Waals surface area contributed by atoms with Crippen molar-refractivity contribution in [2.24, 2.45) is 0 Å². The fourth-order valence-corrected chi connectivity index (χ4v) is 2.31. The Balaban J connectivity index is 2.18. The number of carbonyl (C=O) groups is 2. The number of benzene rings is 1. The molecular weight excluding hydrogens is 276 g/mol. The molecule has 5 heteroatoms. The second kappa shape index (κ2) is 6.34. The number of rotatable bonds is 5. The van der Waals surface area contributed by atoms with E-state index in [0.29, 0.717) is 11.5 Å². The number of ether oxygens (including phenoxy) is 2. The maximum Gasteiger partial charge on any atom is 0.380 e. The maximum atomic E-state index is 11.9. The van der Waals surface area contributed by atoms with Crippen LogP contribution in [0.3, 0.4) is 0 Å². The molecule has 0 amide bonds. The Bertz CT molecular complexity index is 613. The highest BCUT2D eigenvalue weighted by Crippen LogP contribution is 2.30. The van der Waals surface area contributed by atoms with Crippen molar-refractivity contribution >= 4 is 23.1 Å². The van der Waals surface area contributed by atoms with Gasteiger partial charge in [-0.3, -0.25) is 4.79 Å². The Morgan fingerprint density at radius 2 is 1.85 bits per heavy atom. The molecule has 0 spiro atoms. The van der Waals surface area contributed by atoms with Crippen LogP contribution >= 0.6 is 11.3 Å². The lowest BCUT2D eigenvalue weighted by Gasteiger charge is -2.06. The summed E-state index contributed by atoms with van der Waals surface area (Å²) in [7, 11) is 0.